The Bertz CT molecular complexity index is 1350. The summed E-state index contributed by atoms with van der Waals surface area (Å²) < 4.78 is 25.5. The molecule has 1 aromatic heterocycles. The van der Waals surface area contributed by atoms with Gasteiger partial charge in [0.25, 0.3) is 5.91 Å². The highest BCUT2D eigenvalue weighted by molar-refractivity contribution is 7.90. The van der Waals surface area contributed by atoms with Crippen molar-refractivity contribution in [2.75, 3.05) is 6.26 Å². The Kier molecular flexibility index (Phi) is 5.41. The summed E-state index contributed by atoms with van der Waals surface area (Å²) >= 11 is 0. The van der Waals surface area contributed by atoms with E-state index in [1.165, 1.54) is 6.26 Å². The third-order valence-corrected chi connectivity index (χ3v) is 5.95. The van der Waals surface area contributed by atoms with Crippen molar-refractivity contribution < 1.29 is 13.2 Å². The summed E-state index contributed by atoms with van der Waals surface area (Å²) in [6, 6.07) is 23.9. The van der Waals surface area contributed by atoms with Gasteiger partial charge >= 0.3 is 0 Å². The third kappa shape index (κ3) is 4.25. The van der Waals surface area contributed by atoms with Gasteiger partial charge in [0.1, 0.15) is 11.5 Å². The van der Waals surface area contributed by atoms with Crippen LogP contribution in [0.15, 0.2) is 90.0 Å². The molecule has 7 nitrogen and oxygen atoms in total. The highest BCUT2D eigenvalue weighted by Gasteiger charge is 2.16. The van der Waals surface area contributed by atoms with E-state index in [0.717, 1.165) is 22.4 Å². The first-order valence-corrected chi connectivity index (χ1v) is 11.3. The van der Waals surface area contributed by atoms with Crippen LogP contribution in [0.1, 0.15) is 10.5 Å². The van der Waals surface area contributed by atoms with Gasteiger partial charge in [-0.1, -0.05) is 54.6 Å². The second kappa shape index (κ2) is 8.17. The Labute approximate surface area is 180 Å². The van der Waals surface area contributed by atoms with Gasteiger partial charge in [-0.05, 0) is 35.4 Å². The minimum absolute atomic E-state index is 0.200. The van der Waals surface area contributed by atoms with Gasteiger partial charge in [0.15, 0.2) is 9.84 Å². The predicted octanol–water partition coefficient (Wildman–Crippen LogP) is 3.21. The number of carbonyl (C=O) groups is 1. The molecule has 156 valence electrons. The number of nitrogens with one attached hydrogen (secondary N) is 1. The van der Waals surface area contributed by atoms with Gasteiger partial charge in [0.05, 0.1) is 4.90 Å². The molecule has 0 fully saturated rings. The number of hydrogen-bond acceptors (Lipinski definition) is 5. The van der Waals surface area contributed by atoms with Gasteiger partial charge in [0, 0.05) is 23.7 Å². The minimum atomic E-state index is -3.29. The largest absolute Gasteiger partial charge is 0.299 e. The van der Waals surface area contributed by atoms with Crippen molar-refractivity contribution in [2.24, 2.45) is 5.84 Å². The van der Waals surface area contributed by atoms with E-state index in [2.05, 4.69) is 10.4 Å². The molecule has 1 heterocycles. The molecular formula is C23H20N4O3S. The van der Waals surface area contributed by atoms with Crippen LogP contribution in [-0.4, -0.2) is 30.1 Å². The molecule has 0 aliphatic heterocycles. The number of rotatable bonds is 5. The maximum Gasteiger partial charge on any atom is 0.285 e. The molecule has 0 spiro atoms. The lowest BCUT2D eigenvalue weighted by molar-refractivity contribution is 0.0949. The lowest BCUT2D eigenvalue weighted by atomic mass is 10.1. The summed E-state index contributed by atoms with van der Waals surface area (Å²) in [5.74, 6) is 5.40. The van der Waals surface area contributed by atoms with Gasteiger partial charge in [-0.25, -0.2) is 19.2 Å². The SMILES string of the molecule is CS(=O)(=O)c1cccc(-c2ccc(-n3cc(C(=O)NN)nc3-c3ccccc3)cc2)c1. The fraction of sp³-hybridized carbons (Fsp3) is 0.0435. The quantitative estimate of drug-likeness (QED) is 0.286. The summed E-state index contributed by atoms with van der Waals surface area (Å²) in [5, 5.41) is 0. The zero-order valence-electron chi connectivity index (χ0n) is 16.7. The topological polar surface area (TPSA) is 107 Å². The maximum atomic E-state index is 12.0. The van der Waals surface area contributed by atoms with Gasteiger partial charge in [0.2, 0.25) is 0 Å². The van der Waals surface area contributed by atoms with E-state index >= 15 is 0 Å². The molecule has 3 N–H and O–H groups in total. The molecule has 0 aliphatic carbocycles. The standard InChI is InChI=1S/C23H20N4O3S/c1-31(29,30)20-9-5-8-18(14-20)16-10-12-19(13-11-16)27-15-21(23(28)26-24)25-22(27)17-6-3-2-4-7-17/h2-15H,24H2,1H3,(H,26,28). The van der Waals surface area contributed by atoms with E-state index in [0.29, 0.717) is 5.82 Å². The monoisotopic (exact) mass is 432 g/mol. The van der Waals surface area contributed by atoms with Crippen molar-refractivity contribution in [2.45, 2.75) is 4.90 Å². The Morgan fingerprint density at radius 1 is 0.903 bits per heavy atom. The third-order valence-electron chi connectivity index (χ3n) is 4.84. The number of hydrazine groups is 1. The number of aromatic nitrogens is 2. The molecule has 0 aliphatic rings. The van der Waals surface area contributed by atoms with E-state index in [9.17, 15) is 13.2 Å². The van der Waals surface area contributed by atoms with Crippen LogP contribution in [0.25, 0.3) is 28.2 Å². The van der Waals surface area contributed by atoms with Crippen LogP contribution < -0.4 is 11.3 Å². The molecule has 0 radical (unpaired) electrons. The average Bonchev–Trinajstić information content (AvgIpc) is 3.24. The molecule has 0 unspecified atom stereocenters. The molecule has 0 saturated carbocycles. The van der Waals surface area contributed by atoms with Crippen LogP contribution in [0.2, 0.25) is 0 Å². The number of imidazole rings is 1. The van der Waals surface area contributed by atoms with Crippen LogP contribution in [0.3, 0.4) is 0 Å². The minimum Gasteiger partial charge on any atom is -0.299 e. The number of amides is 1. The van der Waals surface area contributed by atoms with Crippen molar-refractivity contribution in [3.05, 3.63) is 90.8 Å². The smallest absolute Gasteiger partial charge is 0.285 e. The zero-order valence-corrected chi connectivity index (χ0v) is 17.5. The summed E-state index contributed by atoms with van der Waals surface area (Å²) in [6.45, 7) is 0. The maximum absolute atomic E-state index is 12.0. The molecular weight excluding hydrogens is 412 g/mol. The van der Waals surface area contributed by atoms with Crippen molar-refractivity contribution in [3.63, 3.8) is 0 Å². The number of nitrogens with two attached hydrogens (primary N) is 1. The van der Waals surface area contributed by atoms with Gasteiger partial charge < -0.3 is 0 Å². The highest BCUT2D eigenvalue weighted by atomic mass is 32.2. The molecule has 3 aromatic carbocycles. The first-order valence-electron chi connectivity index (χ1n) is 9.43. The Hall–Kier alpha value is -3.75. The van der Waals surface area contributed by atoms with Gasteiger partial charge in [-0.15, -0.1) is 0 Å². The fourth-order valence-corrected chi connectivity index (χ4v) is 3.94. The molecule has 0 atom stereocenters. The highest BCUT2D eigenvalue weighted by Crippen LogP contribution is 2.27. The molecule has 8 heteroatoms. The van der Waals surface area contributed by atoms with Crippen LogP contribution in [0.5, 0.6) is 0 Å². The second-order valence-corrected chi connectivity index (χ2v) is 9.02. The van der Waals surface area contributed by atoms with Gasteiger partial charge in [-0.2, -0.15) is 0 Å². The van der Waals surface area contributed by atoms with Crippen molar-refractivity contribution in [1.29, 1.82) is 0 Å². The van der Waals surface area contributed by atoms with Crippen LogP contribution >= 0.6 is 0 Å². The van der Waals surface area contributed by atoms with Crippen molar-refractivity contribution >= 4 is 15.7 Å². The Balaban J connectivity index is 1.76. The molecule has 4 rings (SSSR count). The summed E-state index contributed by atoms with van der Waals surface area (Å²) in [7, 11) is -3.29. The Morgan fingerprint density at radius 2 is 1.58 bits per heavy atom. The van der Waals surface area contributed by atoms with E-state index in [1.807, 2.05) is 65.2 Å². The molecule has 1 amide bonds. The van der Waals surface area contributed by atoms with Crippen molar-refractivity contribution in [1.82, 2.24) is 15.0 Å². The van der Waals surface area contributed by atoms with E-state index in [1.54, 1.807) is 24.4 Å². The number of benzene rings is 3. The lowest BCUT2D eigenvalue weighted by Gasteiger charge is -2.10. The van der Waals surface area contributed by atoms with Gasteiger partial charge in [-0.3, -0.25) is 14.8 Å². The first kappa shape index (κ1) is 20.5. The lowest BCUT2D eigenvalue weighted by Crippen LogP contribution is -2.30. The van der Waals surface area contributed by atoms with Crippen molar-refractivity contribution in [3.8, 4) is 28.2 Å². The Morgan fingerprint density at radius 3 is 2.23 bits per heavy atom. The summed E-state index contributed by atoms with van der Waals surface area (Å²) in [4.78, 5) is 16.8. The normalized spacial score (nSPS) is 11.3. The second-order valence-electron chi connectivity index (χ2n) is 7.01. The zero-order chi connectivity index (χ0) is 22.0. The van der Waals surface area contributed by atoms with E-state index < -0.39 is 15.7 Å². The number of sulfone groups is 1. The van der Waals surface area contributed by atoms with Crippen LogP contribution in [0, 0.1) is 0 Å². The molecule has 31 heavy (non-hydrogen) atoms. The molecule has 0 saturated heterocycles. The fourth-order valence-electron chi connectivity index (χ4n) is 3.27. The predicted molar refractivity (Wildman–Crippen MR) is 119 cm³/mol. The van der Waals surface area contributed by atoms with E-state index in [4.69, 9.17) is 5.84 Å². The molecule has 4 aromatic rings. The number of nitrogen functional groups attached to an aromatic ring is 1. The first-order chi connectivity index (χ1) is 14.9. The number of hydrogen-bond donors (Lipinski definition) is 2. The molecule has 0 bridgehead atoms. The number of carbonyl (C=O) groups excluding carboxylic acids is 1. The van der Waals surface area contributed by atoms with Crippen LogP contribution in [-0.2, 0) is 9.84 Å². The summed E-state index contributed by atoms with van der Waals surface area (Å²) in [5.41, 5.74) is 5.62. The number of nitrogens with zero attached hydrogens (tertiary/aromatic N) is 2. The van der Waals surface area contributed by atoms with Crippen LogP contribution in [0.4, 0.5) is 0 Å². The average molecular weight is 433 g/mol. The summed E-state index contributed by atoms with van der Waals surface area (Å²) in [6.07, 6.45) is 2.82. The van der Waals surface area contributed by atoms with E-state index in [-0.39, 0.29) is 10.6 Å².